The van der Waals surface area contributed by atoms with Crippen molar-refractivity contribution in [1.29, 1.82) is 0 Å². The van der Waals surface area contributed by atoms with Crippen LogP contribution in [0.5, 0.6) is 0 Å². The number of alkyl halides is 1. The second-order valence-electron chi connectivity index (χ2n) is 4.01. The molecule has 1 unspecified atom stereocenters. The summed E-state index contributed by atoms with van der Waals surface area (Å²) in [5, 5.41) is 1.67. The van der Waals surface area contributed by atoms with Crippen molar-refractivity contribution in [1.82, 2.24) is 0 Å². The fraction of sp³-hybridized carbons (Fsp3) is 0.500. The molecule has 88 valence electrons. The van der Waals surface area contributed by atoms with Gasteiger partial charge in [-0.2, -0.15) is 0 Å². The molecule has 16 heavy (non-hydrogen) atoms. The summed E-state index contributed by atoms with van der Waals surface area (Å²) >= 11 is 9.70. The van der Waals surface area contributed by atoms with E-state index in [1.54, 1.807) is 7.11 Å². The molecule has 1 fully saturated rings. The van der Waals surface area contributed by atoms with Crippen molar-refractivity contribution in [2.75, 3.05) is 25.1 Å². The highest BCUT2D eigenvalue weighted by atomic mass is 79.9. The SMILES string of the molecule is COC1CCN(c2ccc(CBr)cc2Cl)C1. The van der Waals surface area contributed by atoms with Crippen molar-refractivity contribution in [3.8, 4) is 0 Å². The quantitative estimate of drug-likeness (QED) is 0.793. The number of benzene rings is 1. The minimum absolute atomic E-state index is 0.340. The third-order valence-corrected chi connectivity index (χ3v) is 3.94. The third kappa shape index (κ3) is 2.53. The maximum absolute atomic E-state index is 6.28. The Hall–Kier alpha value is -0.250. The van der Waals surface area contributed by atoms with Gasteiger partial charge in [0.25, 0.3) is 0 Å². The van der Waals surface area contributed by atoms with Crippen molar-refractivity contribution < 1.29 is 4.74 Å². The number of hydrogen-bond donors (Lipinski definition) is 0. The topological polar surface area (TPSA) is 12.5 Å². The van der Waals surface area contributed by atoms with Gasteiger partial charge in [0.2, 0.25) is 0 Å². The molecule has 0 saturated carbocycles. The third-order valence-electron chi connectivity index (χ3n) is 2.99. The first-order valence-corrected chi connectivity index (χ1v) is 6.86. The lowest BCUT2D eigenvalue weighted by atomic mass is 10.2. The van der Waals surface area contributed by atoms with Crippen LogP contribution in [0.2, 0.25) is 5.02 Å². The summed E-state index contributed by atoms with van der Waals surface area (Å²) in [4.78, 5) is 2.29. The molecule has 1 atom stereocenters. The lowest BCUT2D eigenvalue weighted by Gasteiger charge is -2.20. The molecule has 1 aliphatic heterocycles. The summed E-state index contributed by atoms with van der Waals surface area (Å²) < 4.78 is 5.36. The van der Waals surface area contributed by atoms with Crippen LogP contribution in [0, 0.1) is 0 Å². The Labute approximate surface area is 110 Å². The summed E-state index contributed by atoms with van der Waals surface area (Å²) in [5.74, 6) is 0. The van der Waals surface area contributed by atoms with Crippen LogP contribution >= 0.6 is 27.5 Å². The Morgan fingerprint density at radius 1 is 1.56 bits per heavy atom. The number of ether oxygens (including phenoxy) is 1. The van der Waals surface area contributed by atoms with Crippen LogP contribution in [-0.4, -0.2) is 26.3 Å². The molecule has 1 aromatic carbocycles. The Kier molecular flexibility index (Phi) is 4.11. The Morgan fingerprint density at radius 2 is 2.38 bits per heavy atom. The van der Waals surface area contributed by atoms with Gasteiger partial charge in [-0.25, -0.2) is 0 Å². The molecule has 1 saturated heterocycles. The van der Waals surface area contributed by atoms with Crippen molar-refractivity contribution in [2.45, 2.75) is 17.9 Å². The first-order chi connectivity index (χ1) is 7.74. The fourth-order valence-corrected chi connectivity index (χ4v) is 2.70. The van der Waals surface area contributed by atoms with Crippen LogP contribution in [0.25, 0.3) is 0 Å². The molecule has 0 spiro atoms. The van der Waals surface area contributed by atoms with Crippen molar-refractivity contribution in [3.63, 3.8) is 0 Å². The lowest BCUT2D eigenvalue weighted by Crippen LogP contribution is -2.22. The summed E-state index contributed by atoms with van der Waals surface area (Å²) in [6, 6.07) is 6.22. The van der Waals surface area contributed by atoms with Crippen molar-refractivity contribution in [2.24, 2.45) is 0 Å². The fourth-order valence-electron chi connectivity index (χ4n) is 2.03. The van der Waals surface area contributed by atoms with E-state index in [4.69, 9.17) is 16.3 Å². The molecule has 0 aliphatic carbocycles. The van der Waals surface area contributed by atoms with Gasteiger partial charge in [0.05, 0.1) is 16.8 Å². The monoisotopic (exact) mass is 303 g/mol. The molecule has 0 aromatic heterocycles. The van der Waals surface area contributed by atoms with Gasteiger partial charge in [-0.05, 0) is 24.1 Å². The Morgan fingerprint density at radius 3 is 2.94 bits per heavy atom. The molecular formula is C12H15BrClNO. The van der Waals surface area contributed by atoms with Crippen LogP contribution in [0.1, 0.15) is 12.0 Å². The normalized spacial score (nSPS) is 20.4. The van der Waals surface area contributed by atoms with Crippen molar-refractivity contribution >= 4 is 33.2 Å². The van der Waals surface area contributed by atoms with Gasteiger partial charge in [0.15, 0.2) is 0 Å². The number of halogens is 2. The first kappa shape index (κ1) is 12.2. The second kappa shape index (κ2) is 5.39. The molecule has 1 aliphatic rings. The van der Waals surface area contributed by atoms with Crippen LogP contribution < -0.4 is 4.90 Å². The molecule has 0 N–H and O–H groups in total. The maximum atomic E-state index is 6.28. The van der Waals surface area contributed by atoms with E-state index in [9.17, 15) is 0 Å². The summed E-state index contributed by atoms with van der Waals surface area (Å²) in [7, 11) is 1.77. The van der Waals surface area contributed by atoms with E-state index in [-0.39, 0.29) is 0 Å². The van der Waals surface area contributed by atoms with E-state index in [1.807, 2.05) is 6.07 Å². The van der Waals surface area contributed by atoms with E-state index in [0.29, 0.717) is 6.10 Å². The molecule has 4 heteroatoms. The van der Waals surface area contributed by atoms with Crippen LogP contribution in [-0.2, 0) is 10.1 Å². The number of anilines is 1. The highest BCUT2D eigenvalue weighted by Crippen LogP contribution is 2.30. The number of nitrogens with zero attached hydrogens (tertiary/aromatic N) is 1. The highest BCUT2D eigenvalue weighted by Gasteiger charge is 2.23. The standard InChI is InChI=1S/C12H15BrClNO/c1-16-10-4-5-15(8-10)12-3-2-9(7-13)6-11(12)14/h2-3,6,10H,4-5,7-8H2,1H3. The van der Waals surface area contributed by atoms with Gasteiger partial charge in [0, 0.05) is 25.5 Å². The van der Waals surface area contributed by atoms with Crippen LogP contribution in [0.3, 0.4) is 0 Å². The molecule has 1 heterocycles. The zero-order chi connectivity index (χ0) is 11.5. The molecule has 2 rings (SSSR count). The van der Waals surface area contributed by atoms with Gasteiger partial charge >= 0.3 is 0 Å². The average molecular weight is 305 g/mol. The van der Waals surface area contributed by atoms with Gasteiger partial charge in [-0.15, -0.1) is 0 Å². The molecule has 2 nitrogen and oxygen atoms in total. The van der Waals surface area contributed by atoms with Gasteiger partial charge in [-0.1, -0.05) is 33.6 Å². The predicted octanol–water partition coefficient (Wildman–Crippen LogP) is 3.46. The summed E-state index contributed by atoms with van der Waals surface area (Å²) in [6.45, 7) is 1.95. The first-order valence-electron chi connectivity index (χ1n) is 5.36. The molecule has 0 bridgehead atoms. The van der Waals surface area contributed by atoms with Gasteiger partial charge in [-0.3, -0.25) is 0 Å². The molecule has 0 radical (unpaired) electrons. The van der Waals surface area contributed by atoms with Crippen molar-refractivity contribution in [3.05, 3.63) is 28.8 Å². The van der Waals surface area contributed by atoms with Crippen LogP contribution in [0.4, 0.5) is 5.69 Å². The minimum Gasteiger partial charge on any atom is -0.380 e. The lowest BCUT2D eigenvalue weighted by molar-refractivity contribution is 0.121. The van der Waals surface area contributed by atoms with E-state index >= 15 is 0 Å². The van der Waals surface area contributed by atoms with E-state index in [2.05, 4.69) is 33.0 Å². The van der Waals surface area contributed by atoms with E-state index < -0.39 is 0 Å². The molecule has 0 amide bonds. The summed E-state index contributed by atoms with van der Waals surface area (Å²) in [6.07, 6.45) is 1.42. The minimum atomic E-state index is 0.340. The second-order valence-corrected chi connectivity index (χ2v) is 4.98. The Bertz CT molecular complexity index is 372. The average Bonchev–Trinajstić information content (AvgIpc) is 2.77. The Balaban J connectivity index is 2.15. The van der Waals surface area contributed by atoms with Gasteiger partial charge < -0.3 is 9.64 Å². The summed E-state index contributed by atoms with van der Waals surface area (Å²) in [5.41, 5.74) is 2.32. The zero-order valence-electron chi connectivity index (χ0n) is 9.25. The van der Waals surface area contributed by atoms with E-state index in [1.165, 1.54) is 5.56 Å². The maximum Gasteiger partial charge on any atom is 0.0762 e. The largest absolute Gasteiger partial charge is 0.380 e. The van der Waals surface area contributed by atoms with Crippen LogP contribution in [0.15, 0.2) is 18.2 Å². The predicted molar refractivity (Wildman–Crippen MR) is 71.7 cm³/mol. The number of methoxy groups -OCH3 is 1. The van der Waals surface area contributed by atoms with Gasteiger partial charge in [0.1, 0.15) is 0 Å². The number of hydrogen-bond acceptors (Lipinski definition) is 2. The zero-order valence-corrected chi connectivity index (χ0v) is 11.6. The number of rotatable bonds is 3. The smallest absolute Gasteiger partial charge is 0.0762 e. The molecular weight excluding hydrogens is 289 g/mol. The highest BCUT2D eigenvalue weighted by molar-refractivity contribution is 9.08. The molecule has 1 aromatic rings. The van der Waals surface area contributed by atoms with E-state index in [0.717, 1.165) is 35.6 Å².